The number of hydrogen-bond donors (Lipinski definition) is 0. The third-order valence-corrected chi connectivity index (χ3v) is 4.31. The van der Waals surface area contributed by atoms with E-state index in [1.54, 1.807) is 17.4 Å². The highest BCUT2D eigenvalue weighted by Gasteiger charge is 2.13. The Labute approximate surface area is 117 Å². The molecule has 1 unspecified atom stereocenters. The number of halogens is 1. The van der Waals surface area contributed by atoms with Crippen LogP contribution in [0.2, 0.25) is 0 Å². The van der Waals surface area contributed by atoms with Crippen LogP contribution in [0.25, 0.3) is 0 Å². The Morgan fingerprint density at radius 3 is 2.74 bits per heavy atom. The zero-order chi connectivity index (χ0) is 13.8. The maximum Gasteiger partial charge on any atom is 0.165 e. The summed E-state index contributed by atoms with van der Waals surface area (Å²) in [4.78, 5) is 3.52. The van der Waals surface area contributed by atoms with Crippen molar-refractivity contribution < 1.29 is 9.13 Å². The molecule has 2 rings (SSSR count). The Bertz CT molecular complexity index is 527. The van der Waals surface area contributed by atoms with Crippen molar-refractivity contribution in [2.75, 3.05) is 14.2 Å². The van der Waals surface area contributed by atoms with E-state index >= 15 is 0 Å². The molecule has 0 aliphatic rings. The summed E-state index contributed by atoms with van der Waals surface area (Å²) in [5.74, 6) is -0.0186. The lowest BCUT2D eigenvalue weighted by Crippen LogP contribution is -2.21. The highest BCUT2D eigenvalue weighted by Crippen LogP contribution is 2.25. The summed E-state index contributed by atoms with van der Waals surface area (Å²) >= 11 is 1.74. The first-order chi connectivity index (χ1) is 9.11. The van der Waals surface area contributed by atoms with Gasteiger partial charge in [-0.25, -0.2) is 4.39 Å². The van der Waals surface area contributed by atoms with Crippen molar-refractivity contribution in [2.24, 2.45) is 0 Å². The molecule has 0 saturated carbocycles. The van der Waals surface area contributed by atoms with Gasteiger partial charge in [0.1, 0.15) is 0 Å². The minimum atomic E-state index is -0.308. The van der Waals surface area contributed by atoms with Gasteiger partial charge in [-0.15, -0.1) is 11.3 Å². The molecule has 0 N–H and O–H groups in total. The molecule has 0 bridgehead atoms. The van der Waals surface area contributed by atoms with Gasteiger partial charge in [-0.1, -0.05) is 12.1 Å². The van der Waals surface area contributed by atoms with Gasteiger partial charge in [-0.05, 0) is 43.1 Å². The molecular formula is C15H18FNOS. The Hall–Kier alpha value is -1.39. The lowest BCUT2D eigenvalue weighted by molar-refractivity contribution is 0.256. The van der Waals surface area contributed by atoms with Crippen molar-refractivity contribution in [2.45, 2.75) is 19.5 Å². The van der Waals surface area contributed by atoms with Gasteiger partial charge in [0, 0.05) is 17.5 Å². The molecule has 19 heavy (non-hydrogen) atoms. The predicted octanol–water partition coefficient (Wildman–Crippen LogP) is 4.09. The number of benzene rings is 1. The average molecular weight is 279 g/mol. The molecule has 1 aromatic carbocycles. The van der Waals surface area contributed by atoms with Gasteiger partial charge in [0.2, 0.25) is 0 Å². The molecule has 4 heteroatoms. The van der Waals surface area contributed by atoms with E-state index < -0.39 is 0 Å². The topological polar surface area (TPSA) is 12.5 Å². The van der Waals surface area contributed by atoms with Crippen LogP contribution in [0.3, 0.4) is 0 Å². The highest BCUT2D eigenvalue weighted by atomic mass is 32.1. The number of ether oxygens (including phenoxy) is 1. The summed E-state index contributed by atoms with van der Waals surface area (Å²) in [5.41, 5.74) is 0.948. The lowest BCUT2D eigenvalue weighted by atomic mass is 10.1. The Morgan fingerprint density at radius 2 is 2.16 bits per heavy atom. The van der Waals surface area contributed by atoms with Crippen molar-refractivity contribution in [3.8, 4) is 5.75 Å². The summed E-state index contributed by atoms with van der Waals surface area (Å²) in [6.45, 7) is 2.87. The fraction of sp³-hybridized carbons (Fsp3) is 0.333. The maximum atomic E-state index is 13.6. The Balaban J connectivity index is 2.06. The summed E-state index contributed by atoms with van der Waals surface area (Å²) in [7, 11) is 3.52. The third-order valence-electron chi connectivity index (χ3n) is 3.26. The van der Waals surface area contributed by atoms with E-state index in [1.807, 2.05) is 13.1 Å². The van der Waals surface area contributed by atoms with E-state index in [2.05, 4.69) is 29.3 Å². The van der Waals surface area contributed by atoms with Crippen molar-refractivity contribution in [3.63, 3.8) is 0 Å². The van der Waals surface area contributed by atoms with Gasteiger partial charge < -0.3 is 4.74 Å². The van der Waals surface area contributed by atoms with Crippen LogP contribution in [0, 0.1) is 5.82 Å². The van der Waals surface area contributed by atoms with E-state index in [9.17, 15) is 4.39 Å². The van der Waals surface area contributed by atoms with E-state index in [0.717, 1.165) is 5.56 Å². The monoisotopic (exact) mass is 279 g/mol. The molecule has 0 spiro atoms. The third kappa shape index (κ3) is 3.33. The van der Waals surface area contributed by atoms with E-state index in [-0.39, 0.29) is 11.6 Å². The van der Waals surface area contributed by atoms with Crippen LogP contribution in [0.4, 0.5) is 4.39 Å². The van der Waals surface area contributed by atoms with Gasteiger partial charge in [-0.3, -0.25) is 4.90 Å². The van der Waals surface area contributed by atoms with Gasteiger partial charge in [0.05, 0.1) is 7.11 Å². The predicted molar refractivity (Wildman–Crippen MR) is 77.2 cm³/mol. The second kappa shape index (κ2) is 6.17. The van der Waals surface area contributed by atoms with Crippen molar-refractivity contribution in [1.82, 2.24) is 4.90 Å². The normalized spacial score (nSPS) is 12.7. The molecule has 0 radical (unpaired) electrons. The molecule has 0 aliphatic heterocycles. The Kier molecular flexibility index (Phi) is 4.56. The summed E-state index contributed by atoms with van der Waals surface area (Å²) < 4.78 is 18.6. The van der Waals surface area contributed by atoms with Crippen molar-refractivity contribution >= 4 is 11.3 Å². The zero-order valence-electron chi connectivity index (χ0n) is 11.4. The zero-order valence-corrected chi connectivity index (χ0v) is 12.2. The maximum absolute atomic E-state index is 13.6. The molecule has 2 aromatic rings. The minimum Gasteiger partial charge on any atom is -0.494 e. The first kappa shape index (κ1) is 14.0. The smallest absolute Gasteiger partial charge is 0.165 e. The quantitative estimate of drug-likeness (QED) is 0.817. The molecular weight excluding hydrogens is 261 g/mol. The molecule has 0 amide bonds. The molecule has 1 aromatic heterocycles. The number of nitrogens with zero attached hydrogens (tertiary/aromatic N) is 1. The second-order valence-corrected chi connectivity index (χ2v) is 5.55. The summed E-state index contributed by atoms with van der Waals surface area (Å²) in [6, 6.07) is 9.62. The van der Waals surface area contributed by atoms with Crippen LogP contribution >= 0.6 is 11.3 Å². The molecule has 0 saturated heterocycles. The molecule has 1 heterocycles. The average Bonchev–Trinajstić information content (AvgIpc) is 2.92. The lowest BCUT2D eigenvalue weighted by Gasteiger charge is -2.24. The largest absolute Gasteiger partial charge is 0.494 e. The highest BCUT2D eigenvalue weighted by molar-refractivity contribution is 7.10. The summed E-state index contributed by atoms with van der Waals surface area (Å²) in [5, 5.41) is 2.08. The van der Waals surface area contributed by atoms with Crippen molar-refractivity contribution in [1.29, 1.82) is 0 Å². The molecule has 0 fully saturated rings. The number of hydrogen-bond acceptors (Lipinski definition) is 3. The summed E-state index contributed by atoms with van der Waals surface area (Å²) in [6.07, 6.45) is 0. The van der Waals surface area contributed by atoms with Gasteiger partial charge in [-0.2, -0.15) is 0 Å². The number of methoxy groups -OCH3 is 1. The number of thiophene rings is 1. The fourth-order valence-corrected chi connectivity index (χ4v) is 2.83. The van der Waals surface area contributed by atoms with Crippen LogP contribution < -0.4 is 4.74 Å². The molecule has 1 atom stereocenters. The van der Waals surface area contributed by atoms with Crippen LogP contribution in [0.5, 0.6) is 5.75 Å². The van der Waals surface area contributed by atoms with Crippen molar-refractivity contribution in [3.05, 3.63) is 52.0 Å². The van der Waals surface area contributed by atoms with Crippen LogP contribution in [-0.4, -0.2) is 19.1 Å². The van der Waals surface area contributed by atoms with Crippen LogP contribution in [-0.2, 0) is 6.54 Å². The van der Waals surface area contributed by atoms with E-state index in [1.165, 1.54) is 18.1 Å². The molecule has 102 valence electrons. The van der Waals surface area contributed by atoms with E-state index in [4.69, 9.17) is 4.74 Å². The Morgan fingerprint density at radius 1 is 1.37 bits per heavy atom. The first-order valence-corrected chi connectivity index (χ1v) is 7.06. The standard InChI is InChI=1S/C15H18FNOS/c1-11(15-5-4-8-19-15)17(2)10-12-6-7-14(18-3)13(16)9-12/h4-9,11H,10H2,1-3H3. The molecule has 2 nitrogen and oxygen atoms in total. The first-order valence-electron chi connectivity index (χ1n) is 6.18. The second-order valence-electron chi connectivity index (χ2n) is 4.58. The SMILES string of the molecule is COc1ccc(CN(C)C(C)c2cccs2)cc1F. The van der Waals surface area contributed by atoms with E-state index in [0.29, 0.717) is 12.6 Å². The van der Waals surface area contributed by atoms with Crippen LogP contribution in [0.1, 0.15) is 23.4 Å². The van der Waals surface area contributed by atoms with Crippen LogP contribution in [0.15, 0.2) is 35.7 Å². The van der Waals surface area contributed by atoms with Gasteiger partial charge >= 0.3 is 0 Å². The molecule has 0 aliphatic carbocycles. The van der Waals surface area contributed by atoms with Gasteiger partial charge in [0.15, 0.2) is 11.6 Å². The minimum absolute atomic E-state index is 0.290. The van der Waals surface area contributed by atoms with Gasteiger partial charge in [0.25, 0.3) is 0 Å². The number of rotatable bonds is 5. The fourth-order valence-electron chi connectivity index (χ4n) is 1.98.